The van der Waals surface area contributed by atoms with Crippen LogP contribution in [0, 0.1) is 0 Å². The number of halogens is 1. The van der Waals surface area contributed by atoms with Crippen molar-refractivity contribution in [2.45, 2.75) is 6.04 Å². The number of carbonyl (C=O) groups is 1. The van der Waals surface area contributed by atoms with Gasteiger partial charge in [0.05, 0.1) is 12.7 Å². The van der Waals surface area contributed by atoms with E-state index in [0.717, 1.165) is 11.1 Å². The van der Waals surface area contributed by atoms with Crippen LogP contribution in [0.2, 0.25) is 5.02 Å². The van der Waals surface area contributed by atoms with Crippen LogP contribution in [-0.2, 0) is 4.79 Å². The number of rotatable bonds is 4. The summed E-state index contributed by atoms with van der Waals surface area (Å²) >= 11 is 6.14. The van der Waals surface area contributed by atoms with E-state index in [1.807, 2.05) is 36.4 Å². The number of benzene rings is 2. The van der Waals surface area contributed by atoms with Gasteiger partial charge in [-0.2, -0.15) is 0 Å². The smallest absolute Gasteiger partial charge is 0.193 e. The topological polar surface area (TPSA) is 50.4 Å². The van der Waals surface area contributed by atoms with E-state index in [1.165, 1.54) is 0 Å². The molecular formula is C18H17ClN2O2. The van der Waals surface area contributed by atoms with Crippen molar-refractivity contribution in [1.29, 1.82) is 0 Å². The van der Waals surface area contributed by atoms with Gasteiger partial charge in [0, 0.05) is 12.1 Å². The molecule has 3 rings (SSSR count). The number of methoxy groups -OCH3 is 1. The molecule has 0 amide bonds. The molecule has 23 heavy (non-hydrogen) atoms. The lowest BCUT2D eigenvalue weighted by Gasteiger charge is -2.11. The van der Waals surface area contributed by atoms with Gasteiger partial charge in [-0.3, -0.25) is 4.79 Å². The fourth-order valence-electron chi connectivity index (χ4n) is 2.74. The minimum absolute atomic E-state index is 0.00451. The van der Waals surface area contributed by atoms with Crippen molar-refractivity contribution < 1.29 is 9.53 Å². The number of ketones is 1. The third-order valence-electron chi connectivity index (χ3n) is 3.83. The van der Waals surface area contributed by atoms with Gasteiger partial charge in [0.15, 0.2) is 5.78 Å². The fourth-order valence-corrected chi connectivity index (χ4v) is 2.96. The van der Waals surface area contributed by atoms with E-state index < -0.39 is 6.04 Å². The number of hydrogen-bond acceptors (Lipinski definition) is 4. The summed E-state index contributed by atoms with van der Waals surface area (Å²) in [5.41, 5.74) is 2.24. The molecule has 0 aliphatic carbocycles. The molecule has 2 aromatic carbocycles. The average Bonchev–Trinajstić information content (AvgIpc) is 2.91. The van der Waals surface area contributed by atoms with E-state index in [4.69, 9.17) is 16.3 Å². The molecule has 2 aromatic rings. The highest BCUT2D eigenvalue weighted by atomic mass is 35.5. The summed E-state index contributed by atoms with van der Waals surface area (Å²) in [4.78, 5) is 12.9. The molecule has 0 saturated carbocycles. The molecule has 1 atom stereocenters. The molecule has 5 heteroatoms. The maximum absolute atomic E-state index is 12.9. The van der Waals surface area contributed by atoms with Gasteiger partial charge in [0.2, 0.25) is 0 Å². The lowest BCUT2D eigenvalue weighted by atomic mass is 9.96. The Morgan fingerprint density at radius 2 is 1.91 bits per heavy atom. The lowest BCUT2D eigenvalue weighted by Crippen LogP contribution is -2.24. The van der Waals surface area contributed by atoms with Crippen molar-refractivity contribution in [2.75, 3.05) is 14.2 Å². The van der Waals surface area contributed by atoms with Crippen LogP contribution in [0.15, 0.2) is 54.4 Å². The van der Waals surface area contributed by atoms with Crippen molar-refractivity contribution in [1.82, 2.24) is 10.6 Å². The van der Waals surface area contributed by atoms with Crippen molar-refractivity contribution >= 4 is 23.0 Å². The zero-order chi connectivity index (χ0) is 16.4. The van der Waals surface area contributed by atoms with Crippen LogP contribution in [0.5, 0.6) is 5.75 Å². The second kappa shape index (κ2) is 6.34. The fraction of sp³-hybridized carbons (Fsp3) is 0.167. The predicted molar refractivity (Wildman–Crippen MR) is 91.3 cm³/mol. The molecule has 4 nitrogen and oxygen atoms in total. The Morgan fingerprint density at radius 1 is 1.17 bits per heavy atom. The molecule has 1 heterocycles. The van der Waals surface area contributed by atoms with Crippen LogP contribution in [0.25, 0.3) is 5.57 Å². The lowest BCUT2D eigenvalue weighted by molar-refractivity contribution is -0.114. The highest BCUT2D eigenvalue weighted by Gasteiger charge is 2.34. The van der Waals surface area contributed by atoms with Gasteiger partial charge >= 0.3 is 0 Å². The van der Waals surface area contributed by atoms with Crippen LogP contribution >= 0.6 is 11.6 Å². The molecule has 1 unspecified atom stereocenters. The Hall–Kier alpha value is -2.46. The second-order valence-corrected chi connectivity index (χ2v) is 5.67. The molecule has 0 saturated heterocycles. The molecule has 118 valence electrons. The van der Waals surface area contributed by atoms with E-state index >= 15 is 0 Å². The maximum Gasteiger partial charge on any atom is 0.193 e. The minimum atomic E-state index is -0.404. The first-order chi connectivity index (χ1) is 11.1. The Balaban J connectivity index is 2.04. The van der Waals surface area contributed by atoms with Crippen molar-refractivity contribution in [3.63, 3.8) is 0 Å². The van der Waals surface area contributed by atoms with Gasteiger partial charge in [0.1, 0.15) is 17.6 Å². The quantitative estimate of drug-likeness (QED) is 0.905. The number of carbonyl (C=O) groups excluding carboxylic acids is 1. The zero-order valence-corrected chi connectivity index (χ0v) is 13.6. The normalized spacial score (nSPS) is 17.2. The molecule has 0 aromatic heterocycles. The highest BCUT2D eigenvalue weighted by Crippen LogP contribution is 2.34. The van der Waals surface area contributed by atoms with E-state index in [0.29, 0.717) is 22.2 Å². The number of Topliss-reactive ketones (excluding diaryl/α,β-unsaturated/α-hetero) is 1. The van der Waals surface area contributed by atoms with Crippen molar-refractivity contribution in [3.05, 3.63) is 70.5 Å². The van der Waals surface area contributed by atoms with Gasteiger partial charge in [-0.15, -0.1) is 0 Å². The van der Waals surface area contributed by atoms with E-state index in [-0.39, 0.29) is 5.78 Å². The molecule has 2 N–H and O–H groups in total. The van der Waals surface area contributed by atoms with Crippen LogP contribution in [0.3, 0.4) is 0 Å². The standard InChI is InChI=1S/C18H17ClN2O2/c1-20-18-15(12-8-13(19)10-14(9-12)23-2)17(22)16(21-18)11-6-4-3-5-7-11/h3-10,16,20-21H,1-2H3. The van der Waals surface area contributed by atoms with Crippen LogP contribution in [0.4, 0.5) is 0 Å². The Bertz CT molecular complexity index is 772. The number of nitrogens with one attached hydrogen (secondary N) is 2. The zero-order valence-electron chi connectivity index (χ0n) is 12.9. The highest BCUT2D eigenvalue weighted by molar-refractivity contribution is 6.32. The Kier molecular flexibility index (Phi) is 4.26. The van der Waals surface area contributed by atoms with Gasteiger partial charge < -0.3 is 15.4 Å². The van der Waals surface area contributed by atoms with Crippen LogP contribution in [0.1, 0.15) is 17.2 Å². The average molecular weight is 329 g/mol. The molecule has 0 spiro atoms. The van der Waals surface area contributed by atoms with Crippen LogP contribution in [-0.4, -0.2) is 19.9 Å². The largest absolute Gasteiger partial charge is 0.497 e. The summed E-state index contributed by atoms with van der Waals surface area (Å²) < 4.78 is 5.25. The first-order valence-corrected chi connectivity index (χ1v) is 7.64. The van der Waals surface area contributed by atoms with Gasteiger partial charge in [-0.05, 0) is 29.3 Å². The summed E-state index contributed by atoms with van der Waals surface area (Å²) in [5, 5.41) is 6.84. The van der Waals surface area contributed by atoms with Gasteiger partial charge in [-0.25, -0.2) is 0 Å². The Morgan fingerprint density at radius 3 is 2.57 bits per heavy atom. The predicted octanol–water partition coefficient (Wildman–Crippen LogP) is 3.15. The summed E-state index contributed by atoms with van der Waals surface area (Å²) in [5.74, 6) is 1.31. The van der Waals surface area contributed by atoms with E-state index in [2.05, 4.69) is 10.6 Å². The number of ether oxygens (including phenoxy) is 1. The summed E-state index contributed by atoms with van der Waals surface area (Å²) in [7, 11) is 3.36. The molecule has 0 bridgehead atoms. The summed E-state index contributed by atoms with van der Waals surface area (Å²) in [6, 6.07) is 14.5. The maximum atomic E-state index is 12.9. The van der Waals surface area contributed by atoms with E-state index in [9.17, 15) is 4.79 Å². The molecular weight excluding hydrogens is 312 g/mol. The molecule has 1 aliphatic heterocycles. The third kappa shape index (κ3) is 2.90. The SMILES string of the molecule is CNC1=C(c2cc(Cl)cc(OC)c2)C(=O)C(c2ccccc2)N1. The minimum Gasteiger partial charge on any atom is -0.497 e. The van der Waals surface area contributed by atoms with Gasteiger partial charge in [0.25, 0.3) is 0 Å². The summed E-state index contributed by atoms with van der Waals surface area (Å²) in [6.07, 6.45) is 0. The number of hydrogen-bond donors (Lipinski definition) is 2. The third-order valence-corrected chi connectivity index (χ3v) is 4.04. The van der Waals surface area contributed by atoms with Crippen LogP contribution < -0.4 is 15.4 Å². The first-order valence-electron chi connectivity index (χ1n) is 7.26. The molecule has 0 radical (unpaired) electrons. The summed E-state index contributed by atoms with van der Waals surface area (Å²) in [6.45, 7) is 0. The van der Waals surface area contributed by atoms with Crippen molar-refractivity contribution in [2.24, 2.45) is 0 Å². The second-order valence-electron chi connectivity index (χ2n) is 5.23. The Labute approximate surface area is 140 Å². The molecule has 1 aliphatic rings. The van der Waals surface area contributed by atoms with E-state index in [1.54, 1.807) is 26.3 Å². The first kappa shape index (κ1) is 15.4. The van der Waals surface area contributed by atoms with Gasteiger partial charge in [-0.1, -0.05) is 41.9 Å². The van der Waals surface area contributed by atoms with Crippen molar-refractivity contribution in [3.8, 4) is 5.75 Å². The monoisotopic (exact) mass is 328 g/mol. The molecule has 0 fully saturated rings.